The lowest BCUT2D eigenvalue weighted by Crippen LogP contribution is -2.17. The van der Waals surface area contributed by atoms with Crippen molar-refractivity contribution >= 4 is 34.7 Å². The standard InChI is InChI=1S/C23H23N5O3S/c1-4-5-12-24-16(3)25-20-13-19(11-6-15(20)2)26-21(29)18-9-7-17(8-10-18)14-28-22(30)27-23(31)32-28/h4-13H,1,14H2,2-3H3,(H,24,25)(H,26,29)(H,27,30,31)/b12-5-. The molecule has 1 amide bonds. The Bertz CT molecular complexity index is 1300. The Morgan fingerprint density at radius 1 is 1.19 bits per heavy atom. The van der Waals surface area contributed by atoms with Gasteiger partial charge < -0.3 is 10.6 Å². The quantitative estimate of drug-likeness (QED) is 0.290. The number of nitrogens with zero attached hydrogens (tertiary/aromatic N) is 2. The Morgan fingerprint density at radius 3 is 2.59 bits per heavy atom. The first-order valence-electron chi connectivity index (χ1n) is 9.76. The minimum absolute atomic E-state index is 0.255. The molecule has 0 aliphatic rings. The summed E-state index contributed by atoms with van der Waals surface area (Å²) in [5.41, 5.74) is 3.33. The maximum absolute atomic E-state index is 12.7. The van der Waals surface area contributed by atoms with Gasteiger partial charge in [-0.15, -0.1) is 0 Å². The van der Waals surface area contributed by atoms with E-state index in [0.717, 1.165) is 28.3 Å². The van der Waals surface area contributed by atoms with Crippen LogP contribution in [-0.2, 0) is 6.54 Å². The zero-order valence-electron chi connectivity index (χ0n) is 17.7. The number of allylic oxidation sites excluding steroid dienone is 2. The number of anilines is 2. The number of benzene rings is 2. The van der Waals surface area contributed by atoms with Gasteiger partial charge in [-0.05, 0) is 55.3 Å². The van der Waals surface area contributed by atoms with Gasteiger partial charge in [-0.1, -0.05) is 30.9 Å². The number of carbonyl (C=O) groups is 1. The van der Waals surface area contributed by atoms with Crippen molar-refractivity contribution in [1.82, 2.24) is 8.94 Å². The van der Waals surface area contributed by atoms with Crippen molar-refractivity contribution in [2.45, 2.75) is 20.4 Å². The summed E-state index contributed by atoms with van der Waals surface area (Å²) in [5, 5.41) is 6.11. The number of aliphatic imine (C=N–C) groups is 1. The zero-order chi connectivity index (χ0) is 23.1. The second-order valence-electron chi connectivity index (χ2n) is 6.94. The second-order valence-corrected chi connectivity index (χ2v) is 7.94. The third kappa shape index (κ3) is 6.02. The fourth-order valence-corrected chi connectivity index (χ4v) is 3.50. The first-order valence-corrected chi connectivity index (χ1v) is 10.5. The Labute approximate surface area is 188 Å². The molecule has 3 N–H and O–H groups in total. The molecule has 164 valence electrons. The summed E-state index contributed by atoms with van der Waals surface area (Å²) in [6.45, 7) is 7.68. The maximum atomic E-state index is 12.7. The summed E-state index contributed by atoms with van der Waals surface area (Å²) in [7, 11) is 0. The number of aromatic amines is 1. The van der Waals surface area contributed by atoms with Crippen molar-refractivity contribution in [3.63, 3.8) is 0 Å². The summed E-state index contributed by atoms with van der Waals surface area (Å²) < 4.78 is 1.33. The smallest absolute Gasteiger partial charge is 0.338 e. The molecule has 0 atom stereocenters. The van der Waals surface area contributed by atoms with Crippen molar-refractivity contribution < 1.29 is 4.79 Å². The van der Waals surface area contributed by atoms with E-state index in [1.54, 1.807) is 42.6 Å². The van der Waals surface area contributed by atoms with Crippen LogP contribution in [-0.4, -0.2) is 20.7 Å². The van der Waals surface area contributed by atoms with E-state index in [-0.39, 0.29) is 12.5 Å². The largest absolute Gasteiger partial charge is 0.344 e. The molecule has 9 heteroatoms. The minimum atomic E-state index is -0.442. The van der Waals surface area contributed by atoms with Crippen molar-refractivity contribution in [2.75, 3.05) is 10.6 Å². The zero-order valence-corrected chi connectivity index (χ0v) is 18.5. The van der Waals surface area contributed by atoms with E-state index < -0.39 is 10.6 Å². The van der Waals surface area contributed by atoms with Crippen LogP contribution < -0.4 is 21.2 Å². The number of nitrogens with one attached hydrogen (secondary N) is 3. The van der Waals surface area contributed by atoms with Crippen LogP contribution in [0.25, 0.3) is 0 Å². The molecule has 3 rings (SSSR count). The topological polar surface area (TPSA) is 108 Å². The summed E-state index contributed by atoms with van der Waals surface area (Å²) in [4.78, 5) is 41.6. The van der Waals surface area contributed by atoms with Crippen molar-refractivity contribution in [2.24, 2.45) is 4.99 Å². The van der Waals surface area contributed by atoms with E-state index in [1.807, 2.05) is 32.0 Å². The lowest BCUT2D eigenvalue weighted by atomic mass is 10.1. The summed E-state index contributed by atoms with van der Waals surface area (Å²) in [5.74, 6) is 0.450. The normalized spacial score (nSPS) is 11.5. The number of hydrogen-bond acceptors (Lipinski definition) is 5. The van der Waals surface area contributed by atoms with Crippen LogP contribution in [0.15, 0.2) is 82.0 Å². The van der Waals surface area contributed by atoms with Gasteiger partial charge in [0.05, 0.1) is 6.54 Å². The van der Waals surface area contributed by atoms with Crippen LogP contribution in [0.4, 0.5) is 11.4 Å². The predicted octanol–water partition coefficient (Wildman–Crippen LogP) is 3.74. The highest BCUT2D eigenvalue weighted by Crippen LogP contribution is 2.21. The SMILES string of the molecule is C=C/C=C\N=C(C)Nc1cc(NC(=O)c2ccc(Cn3sc(=O)[nH]c3=O)cc2)ccc1C. The molecular formula is C23H23N5O3S. The highest BCUT2D eigenvalue weighted by Gasteiger charge is 2.09. The van der Waals surface area contributed by atoms with Gasteiger partial charge in [0.25, 0.3) is 5.91 Å². The van der Waals surface area contributed by atoms with Gasteiger partial charge in [-0.2, -0.15) is 0 Å². The van der Waals surface area contributed by atoms with Gasteiger partial charge in [-0.3, -0.25) is 14.6 Å². The van der Waals surface area contributed by atoms with E-state index in [2.05, 4.69) is 27.2 Å². The van der Waals surface area contributed by atoms with Crippen LogP contribution in [0.1, 0.15) is 28.4 Å². The number of amidine groups is 1. The lowest BCUT2D eigenvalue weighted by Gasteiger charge is -2.12. The van der Waals surface area contributed by atoms with Gasteiger partial charge in [0, 0.05) is 34.7 Å². The minimum Gasteiger partial charge on any atom is -0.344 e. The summed E-state index contributed by atoms with van der Waals surface area (Å²) >= 11 is 0.825. The molecule has 1 heterocycles. The van der Waals surface area contributed by atoms with Gasteiger partial charge in [0.2, 0.25) is 0 Å². The number of H-pyrrole nitrogens is 1. The third-order valence-corrected chi connectivity index (χ3v) is 5.26. The number of aryl methyl sites for hydroxylation is 1. The average Bonchev–Trinajstić information content (AvgIpc) is 3.07. The highest BCUT2D eigenvalue weighted by atomic mass is 32.1. The Kier molecular flexibility index (Phi) is 7.35. The Balaban J connectivity index is 1.68. The average molecular weight is 450 g/mol. The van der Waals surface area contributed by atoms with E-state index in [0.29, 0.717) is 17.1 Å². The van der Waals surface area contributed by atoms with Crippen molar-refractivity contribution in [3.05, 3.63) is 104 Å². The molecule has 0 spiro atoms. The number of hydrogen-bond donors (Lipinski definition) is 3. The van der Waals surface area contributed by atoms with Crippen molar-refractivity contribution in [3.8, 4) is 0 Å². The van der Waals surface area contributed by atoms with Crippen LogP contribution in [0.2, 0.25) is 0 Å². The molecule has 0 aliphatic carbocycles. The summed E-state index contributed by atoms with van der Waals surface area (Å²) in [6, 6.07) is 12.5. The first kappa shape index (κ1) is 22.7. The number of aromatic nitrogens is 2. The molecule has 0 aliphatic heterocycles. The molecule has 2 aromatic carbocycles. The maximum Gasteiger partial charge on any atom is 0.338 e. The molecule has 0 fully saturated rings. The van der Waals surface area contributed by atoms with E-state index in [9.17, 15) is 14.4 Å². The molecule has 3 aromatic rings. The van der Waals surface area contributed by atoms with E-state index >= 15 is 0 Å². The molecule has 0 radical (unpaired) electrons. The number of amides is 1. The van der Waals surface area contributed by atoms with E-state index in [1.165, 1.54) is 3.96 Å². The van der Waals surface area contributed by atoms with Gasteiger partial charge in [0.1, 0.15) is 5.84 Å². The third-order valence-electron chi connectivity index (χ3n) is 4.47. The first-order chi connectivity index (χ1) is 15.4. The second kappa shape index (κ2) is 10.4. The molecular weight excluding hydrogens is 426 g/mol. The fourth-order valence-electron chi connectivity index (χ4n) is 2.83. The molecule has 0 saturated heterocycles. The summed E-state index contributed by atoms with van der Waals surface area (Å²) in [6.07, 6.45) is 5.03. The highest BCUT2D eigenvalue weighted by molar-refractivity contribution is 7.03. The predicted molar refractivity (Wildman–Crippen MR) is 130 cm³/mol. The lowest BCUT2D eigenvalue weighted by molar-refractivity contribution is 0.102. The molecule has 32 heavy (non-hydrogen) atoms. The monoisotopic (exact) mass is 449 g/mol. The number of carbonyl (C=O) groups excluding carboxylic acids is 1. The molecule has 1 aromatic heterocycles. The Morgan fingerprint density at radius 2 is 1.94 bits per heavy atom. The molecule has 0 saturated carbocycles. The Hall–Kier alpha value is -3.98. The van der Waals surface area contributed by atoms with Crippen LogP contribution >= 0.6 is 11.5 Å². The van der Waals surface area contributed by atoms with Crippen LogP contribution in [0, 0.1) is 6.92 Å². The van der Waals surface area contributed by atoms with Crippen LogP contribution in [0.3, 0.4) is 0 Å². The molecule has 0 bridgehead atoms. The van der Waals surface area contributed by atoms with Gasteiger partial charge in [0.15, 0.2) is 0 Å². The number of rotatable bonds is 7. The van der Waals surface area contributed by atoms with Crippen molar-refractivity contribution in [1.29, 1.82) is 0 Å². The van der Waals surface area contributed by atoms with E-state index in [4.69, 9.17) is 0 Å². The fraction of sp³-hybridized carbons (Fsp3) is 0.130. The van der Waals surface area contributed by atoms with Gasteiger partial charge >= 0.3 is 10.6 Å². The molecule has 0 unspecified atom stereocenters. The van der Waals surface area contributed by atoms with Crippen LogP contribution in [0.5, 0.6) is 0 Å². The van der Waals surface area contributed by atoms with Gasteiger partial charge in [-0.25, -0.2) is 13.7 Å². The molecule has 8 nitrogen and oxygen atoms in total.